The average molecular weight is 376 g/mol. The van der Waals surface area contributed by atoms with Crippen LogP contribution in [-0.2, 0) is 5.75 Å². The first-order chi connectivity index (χ1) is 13.1. The van der Waals surface area contributed by atoms with Crippen molar-refractivity contribution in [1.29, 1.82) is 0 Å². The zero-order chi connectivity index (χ0) is 18.8. The van der Waals surface area contributed by atoms with E-state index in [2.05, 4.69) is 51.7 Å². The molecule has 0 radical (unpaired) electrons. The van der Waals surface area contributed by atoms with Crippen LogP contribution in [0.3, 0.4) is 0 Å². The lowest BCUT2D eigenvalue weighted by Crippen LogP contribution is -1.98. The van der Waals surface area contributed by atoms with Crippen molar-refractivity contribution in [3.63, 3.8) is 0 Å². The van der Waals surface area contributed by atoms with Crippen LogP contribution in [0.4, 0.5) is 0 Å². The Labute approximate surface area is 162 Å². The lowest BCUT2D eigenvalue weighted by Gasteiger charge is -2.10. The monoisotopic (exact) mass is 376 g/mol. The van der Waals surface area contributed by atoms with Crippen molar-refractivity contribution in [2.75, 3.05) is 0 Å². The van der Waals surface area contributed by atoms with Crippen LogP contribution >= 0.6 is 11.8 Å². The second-order valence-electron chi connectivity index (χ2n) is 6.49. The van der Waals surface area contributed by atoms with Crippen molar-refractivity contribution >= 4 is 11.8 Å². The molecule has 5 nitrogen and oxygen atoms in total. The molecule has 0 unspecified atom stereocenters. The Balaban J connectivity index is 1.52. The summed E-state index contributed by atoms with van der Waals surface area (Å²) in [7, 11) is 0. The van der Waals surface area contributed by atoms with Crippen LogP contribution in [0, 0.1) is 20.8 Å². The highest BCUT2D eigenvalue weighted by Gasteiger charge is 2.13. The summed E-state index contributed by atoms with van der Waals surface area (Å²) >= 11 is 1.58. The summed E-state index contributed by atoms with van der Waals surface area (Å²) in [5, 5.41) is 5.03. The van der Waals surface area contributed by atoms with Gasteiger partial charge in [-0.2, -0.15) is 4.98 Å². The maximum absolute atomic E-state index is 5.44. The Morgan fingerprint density at radius 2 is 1.89 bits per heavy atom. The molecule has 2 heterocycles. The fraction of sp³-hybridized carbons (Fsp3) is 0.190. The summed E-state index contributed by atoms with van der Waals surface area (Å²) in [6, 6.07) is 14.4. The molecule has 0 atom stereocenters. The molecular weight excluding hydrogens is 356 g/mol. The first-order valence-corrected chi connectivity index (χ1v) is 9.73. The summed E-state index contributed by atoms with van der Waals surface area (Å²) < 4.78 is 7.53. The van der Waals surface area contributed by atoms with Gasteiger partial charge in [-0.05, 0) is 38.0 Å². The molecule has 2 aromatic carbocycles. The highest BCUT2D eigenvalue weighted by Crippen LogP contribution is 2.27. The Kier molecular flexibility index (Phi) is 4.81. The molecule has 4 rings (SSSR count). The van der Waals surface area contributed by atoms with E-state index in [-0.39, 0.29) is 0 Å². The number of nitrogens with zero attached hydrogens (tertiary/aromatic N) is 4. The van der Waals surface area contributed by atoms with Gasteiger partial charge in [0.15, 0.2) is 5.16 Å². The highest BCUT2D eigenvalue weighted by molar-refractivity contribution is 7.98. The molecule has 0 bridgehead atoms. The van der Waals surface area contributed by atoms with Gasteiger partial charge < -0.3 is 4.52 Å². The molecule has 0 spiro atoms. The predicted molar refractivity (Wildman–Crippen MR) is 107 cm³/mol. The second-order valence-corrected chi connectivity index (χ2v) is 7.43. The molecule has 27 heavy (non-hydrogen) atoms. The van der Waals surface area contributed by atoms with E-state index in [1.165, 1.54) is 11.1 Å². The molecular formula is C21H20N4OS. The fourth-order valence-electron chi connectivity index (χ4n) is 3.03. The maximum Gasteiger partial charge on any atom is 0.237 e. The van der Waals surface area contributed by atoms with Crippen LogP contribution in [0.2, 0.25) is 0 Å². The lowest BCUT2D eigenvalue weighted by atomic mass is 10.1. The van der Waals surface area contributed by atoms with Crippen molar-refractivity contribution in [2.24, 2.45) is 0 Å². The molecule has 4 aromatic rings. The SMILES string of the molecule is Cc1ccc(-n2ccnc2SCc2nc(-c3ccccc3C)no2)c(C)c1. The smallest absolute Gasteiger partial charge is 0.237 e. The van der Waals surface area contributed by atoms with Gasteiger partial charge in [-0.1, -0.05) is 58.9 Å². The number of aromatic nitrogens is 4. The second kappa shape index (κ2) is 7.40. The molecule has 6 heteroatoms. The van der Waals surface area contributed by atoms with Gasteiger partial charge in [0.1, 0.15) is 0 Å². The normalized spacial score (nSPS) is 11.1. The number of benzene rings is 2. The Hall–Kier alpha value is -2.86. The van der Waals surface area contributed by atoms with Crippen LogP contribution in [0.5, 0.6) is 0 Å². The molecule has 0 aliphatic rings. The standard InChI is InChI=1S/C21H20N4OS/c1-14-8-9-18(16(3)12-14)25-11-10-22-21(25)27-13-19-23-20(24-26-19)17-7-5-4-6-15(17)2/h4-12H,13H2,1-3H3. The van der Waals surface area contributed by atoms with Gasteiger partial charge >= 0.3 is 0 Å². The summed E-state index contributed by atoms with van der Waals surface area (Å²) in [5.41, 5.74) is 5.72. The largest absolute Gasteiger partial charge is 0.338 e. The van der Waals surface area contributed by atoms with E-state index in [1.54, 1.807) is 11.8 Å². The topological polar surface area (TPSA) is 56.7 Å². The minimum Gasteiger partial charge on any atom is -0.338 e. The number of hydrogen-bond donors (Lipinski definition) is 0. The minimum absolute atomic E-state index is 0.570. The van der Waals surface area contributed by atoms with Crippen molar-refractivity contribution < 1.29 is 4.52 Å². The van der Waals surface area contributed by atoms with E-state index in [1.807, 2.05) is 43.6 Å². The quantitative estimate of drug-likeness (QED) is 0.451. The molecule has 0 N–H and O–H groups in total. The van der Waals surface area contributed by atoms with Crippen molar-refractivity contribution in [3.8, 4) is 17.1 Å². The minimum atomic E-state index is 0.570. The van der Waals surface area contributed by atoms with Gasteiger partial charge in [-0.25, -0.2) is 4.98 Å². The van der Waals surface area contributed by atoms with E-state index in [4.69, 9.17) is 4.52 Å². The number of aryl methyl sites for hydroxylation is 3. The lowest BCUT2D eigenvalue weighted by molar-refractivity contribution is 0.391. The van der Waals surface area contributed by atoms with Crippen LogP contribution in [0.15, 0.2) is 64.5 Å². The van der Waals surface area contributed by atoms with Crippen LogP contribution < -0.4 is 0 Å². The van der Waals surface area contributed by atoms with E-state index in [0.29, 0.717) is 17.5 Å². The van der Waals surface area contributed by atoms with Gasteiger partial charge in [0, 0.05) is 18.0 Å². The average Bonchev–Trinajstić information content (AvgIpc) is 3.30. The molecule has 0 saturated heterocycles. The predicted octanol–water partition coefficient (Wildman–Crippen LogP) is 5.14. The summed E-state index contributed by atoms with van der Waals surface area (Å²) in [6.07, 6.45) is 3.79. The van der Waals surface area contributed by atoms with Gasteiger partial charge in [-0.3, -0.25) is 4.57 Å². The maximum atomic E-state index is 5.44. The van der Waals surface area contributed by atoms with Crippen molar-refractivity contribution in [2.45, 2.75) is 31.7 Å². The third-order valence-corrected chi connectivity index (χ3v) is 5.35. The van der Waals surface area contributed by atoms with Gasteiger partial charge in [0.05, 0.1) is 11.4 Å². The molecule has 0 aliphatic heterocycles. The summed E-state index contributed by atoms with van der Waals surface area (Å²) in [6.45, 7) is 6.26. The highest BCUT2D eigenvalue weighted by atomic mass is 32.2. The molecule has 2 aromatic heterocycles. The van der Waals surface area contributed by atoms with Crippen LogP contribution in [0.25, 0.3) is 17.1 Å². The van der Waals surface area contributed by atoms with E-state index < -0.39 is 0 Å². The van der Waals surface area contributed by atoms with E-state index in [0.717, 1.165) is 22.0 Å². The number of hydrogen-bond acceptors (Lipinski definition) is 5. The first kappa shape index (κ1) is 17.5. The van der Waals surface area contributed by atoms with Crippen molar-refractivity contribution in [3.05, 3.63) is 77.4 Å². The Morgan fingerprint density at radius 3 is 2.70 bits per heavy atom. The van der Waals surface area contributed by atoms with Gasteiger partial charge in [0.25, 0.3) is 0 Å². The number of thioether (sulfide) groups is 1. The van der Waals surface area contributed by atoms with Gasteiger partial charge in [0.2, 0.25) is 11.7 Å². The number of rotatable bonds is 5. The van der Waals surface area contributed by atoms with E-state index >= 15 is 0 Å². The Morgan fingerprint density at radius 1 is 1.04 bits per heavy atom. The number of imidazole rings is 1. The molecule has 0 saturated carbocycles. The Bertz CT molecular complexity index is 1080. The van der Waals surface area contributed by atoms with Crippen LogP contribution in [0.1, 0.15) is 22.6 Å². The molecule has 136 valence electrons. The third-order valence-electron chi connectivity index (χ3n) is 4.40. The zero-order valence-corrected chi connectivity index (χ0v) is 16.3. The molecule has 0 aliphatic carbocycles. The van der Waals surface area contributed by atoms with Crippen molar-refractivity contribution in [1.82, 2.24) is 19.7 Å². The first-order valence-electron chi connectivity index (χ1n) is 8.74. The third kappa shape index (κ3) is 3.66. The fourth-order valence-corrected chi connectivity index (χ4v) is 3.83. The summed E-state index contributed by atoms with van der Waals surface area (Å²) in [4.78, 5) is 9.02. The molecule has 0 fully saturated rings. The van der Waals surface area contributed by atoms with E-state index in [9.17, 15) is 0 Å². The van der Waals surface area contributed by atoms with Crippen LogP contribution in [-0.4, -0.2) is 19.7 Å². The van der Waals surface area contributed by atoms with Gasteiger partial charge in [-0.15, -0.1) is 0 Å². The zero-order valence-electron chi connectivity index (χ0n) is 15.5. The molecule has 0 amide bonds. The summed E-state index contributed by atoms with van der Waals surface area (Å²) in [5.74, 6) is 1.79.